The van der Waals surface area contributed by atoms with Crippen LogP contribution < -0.4 is 5.32 Å². The van der Waals surface area contributed by atoms with Gasteiger partial charge in [0.15, 0.2) is 0 Å². The molecule has 0 spiro atoms. The minimum atomic E-state index is -0.647. The number of carbonyl (C=O) groups is 2. The molecule has 0 aliphatic rings. The third-order valence-electron chi connectivity index (χ3n) is 4.98. The molecule has 1 N–H and O–H groups in total. The van der Waals surface area contributed by atoms with Gasteiger partial charge in [-0.05, 0) is 65.8 Å². The lowest BCUT2D eigenvalue weighted by Gasteiger charge is -2.21. The molecule has 0 saturated heterocycles. The van der Waals surface area contributed by atoms with Gasteiger partial charge < -0.3 is 14.8 Å². The summed E-state index contributed by atoms with van der Waals surface area (Å²) in [6.45, 7) is 11.4. The number of ether oxygens (including phenoxy) is 2. The fourth-order valence-corrected chi connectivity index (χ4v) is 3.70. The molecule has 0 amide bonds. The highest BCUT2D eigenvalue weighted by atomic mass is 16.6. The van der Waals surface area contributed by atoms with Crippen molar-refractivity contribution in [3.8, 4) is 0 Å². The van der Waals surface area contributed by atoms with E-state index in [0.29, 0.717) is 33.7 Å². The van der Waals surface area contributed by atoms with Gasteiger partial charge in [-0.2, -0.15) is 0 Å². The number of rotatable bonds is 4. The largest absolute Gasteiger partial charge is 0.443 e. The zero-order chi connectivity index (χ0) is 25.4. The van der Waals surface area contributed by atoms with Crippen LogP contribution in [-0.4, -0.2) is 42.5 Å². The average molecular weight is 478 g/mol. The van der Waals surface area contributed by atoms with Gasteiger partial charge in [0.05, 0.1) is 35.2 Å². The van der Waals surface area contributed by atoms with Gasteiger partial charge in [0, 0.05) is 0 Å². The number of benzene rings is 2. The molecule has 0 aliphatic heterocycles. The first kappa shape index (κ1) is 24.4. The van der Waals surface area contributed by atoms with Crippen LogP contribution in [0.1, 0.15) is 53.2 Å². The molecule has 35 heavy (non-hydrogen) atoms. The number of carbonyl (C=O) groups excluding carboxylic acids is 2. The van der Waals surface area contributed by atoms with Gasteiger partial charge >= 0.3 is 12.2 Å². The molecule has 0 unspecified atom stereocenters. The number of nitrogens with zero attached hydrogens (tertiary/aromatic N) is 4. The molecule has 2 aromatic carbocycles. The van der Waals surface area contributed by atoms with E-state index >= 15 is 0 Å². The van der Waals surface area contributed by atoms with Crippen molar-refractivity contribution in [2.45, 2.75) is 65.8 Å². The Balaban J connectivity index is 1.61. The average Bonchev–Trinajstić information content (AvgIpc) is 3.29. The predicted molar refractivity (Wildman–Crippen MR) is 133 cm³/mol. The third kappa shape index (κ3) is 5.51. The van der Waals surface area contributed by atoms with Gasteiger partial charge in [-0.1, -0.05) is 24.3 Å². The minimum absolute atomic E-state index is 0.255. The molecule has 184 valence electrons. The highest BCUT2D eigenvalue weighted by Crippen LogP contribution is 2.21. The standard InChI is InChI=1S/C26H31N5O4/c1-25(2,3)34-23(32)30-19-13-9-7-11-17(19)28-21(30)15-27-16-22-29-18-12-8-10-14-20(18)31(22)24(33)35-26(4,5)6/h7-14,27H,15-16H2,1-6H3. The highest BCUT2D eigenvalue weighted by molar-refractivity contribution is 5.88. The second kappa shape index (κ2) is 9.14. The maximum absolute atomic E-state index is 13.0. The Hall–Kier alpha value is -3.72. The summed E-state index contributed by atoms with van der Waals surface area (Å²) in [5.74, 6) is 1.00. The number of aromatic nitrogens is 4. The monoisotopic (exact) mass is 477 g/mol. The van der Waals surface area contributed by atoms with Crippen LogP contribution in [0.4, 0.5) is 9.59 Å². The summed E-state index contributed by atoms with van der Waals surface area (Å²) in [5.41, 5.74) is 1.42. The molecule has 0 bridgehead atoms. The SMILES string of the molecule is CC(C)(C)OC(=O)n1c(CNCc2nc3ccccc3n2C(=O)OC(C)(C)C)nc2ccccc21. The molecule has 2 aromatic heterocycles. The molecule has 2 heterocycles. The normalized spacial score (nSPS) is 12.3. The summed E-state index contributed by atoms with van der Waals surface area (Å²) in [4.78, 5) is 35.2. The van der Waals surface area contributed by atoms with E-state index in [4.69, 9.17) is 9.47 Å². The molecule has 0 saturated carbocycles. The van der Waals surface area contributed by atoms with Crippen LogP contribution in [0.3, 0.4) is 0 Å². The molecule has 0 radical (unpaired) electrons. The minimum Gasteiger partial charge on any atom is -0.443 e. The Morgan fingerprint density at radius 1 is 0.714 bits per heavy atom. The van der Waals surface area contributed by atoms with Crippen LogP contribution in [0.25, 0.3) is 22.1 Å². The third-order valence-corrected chi connectivity index (χ3v) is 4.98. The lowest BCUT2D eigenvalue weighted by molar-refractivity contribution is 0.0529. The second-order valence-corrected chi connectivity index (χ2v) is 10.3. The molecule has 9 heteroatoms. The van der Waals surface area contributed by atoms with Crippen molar-refractivity contribution in [2.24, 2.45) is 0 Å². The van der Waals surface area contributed by atoms with Crippen molar-refractivity contribution >= 4 is 34.3 Å². The maximum atomic E-state index is 13.0. The van der Waals surface area contributed by atoms with Crippen LogP contribution in [-0.2, 0) is 22.6 Å². The quantitative estimate of drug-likeness (QED) is 0.429. The zero-order valence-electron chi connectivity index (χ0n) is 21.0. The fourth-order valence-electron chi connectivity index (χ4n) is 3.70. The van der Waals surface area contributed by atoms with E-state index in [9.17, 15) is 9.59 Å². The number of nitrogens with one attached hydrogen (secondary N) is 1. The van der Waals surface area contributed by atoms with Crippen LogP contribution in [0, 0.1) is 0 Å². The van der Waals surface area contributed by atoms with Crippen molar-refractivity contribution in [3.63, 3.8) is 0 Å². The Labute approximate surface area is 204 Å². The summed E-state index contributed by atoms with van der Waals surface area (Å²) in [5, 5.41) is 3.27. The lowest BCUT2D eigenvalue weighted by Crippen LogP contribution is -2.30. The molecular weight excluding hydrogens is 446 g/mol. The number of hydrogen-bond acceptors (Lipinski definition) is 7. The first-order valence-corrected chi connectivity index (χ1v) is 11.5. The summed E-state index contributed by atoms with van der Waals surface area (Å²) in [7, 11) is 0. The molecule has 0 aliphatic carbocycles. The van der Waals surface area contributed by atoms with Gasteiger partial charge in [0.25, 0.3) is 0 Å². The highest BCUT2D eigenvalue weighted by Gasteiger charge is 2.25. The van der Waals surface area contributed by atoms with E-state index in [1.165, 1.54) is 9.13 Å². The Kier molecular flexibility index (Phi) is 6.38. The van der Waals surface area contributed by atoms with Gasteiger partial charge in [0.2, 0.25) is 0 Å². The number of imidazole rings is 2. The topological polar surface area (TPSA) is 100 Å². The summed E-state index contributed by atoms with van der Waals surface area (Å²) < 4.78 is 14.2. The Morgan fingerprint density at radius 2 is 1.09 bits per heavy atom. The van der Waals surface area contributed by atoms with Gasteiger partial charge in [0.1, 0.15) is 22.9 Å². The van der Waals surface area contributed by atoms with Crippen LogP contribution in [0.2, 0.25) is 0 Å². The fraction of sp³-hybridized carbons (Fsp3) is 0.385. The zero-order valence-corrected chi connectivity index (χ0v) is 21.0. The number of para-hydroxylation sites is 4. The van der Waals surface area contributed by atoms with E-state index in [0.717, 1.165) is 0 Å². The first-order valence-electron chi connectivity index (χ1n) is 11.5. The number of hydrogen-bond donors (Lipinski definition) is 1. The maximum Gasteiger partial charge on any atom is 0.420 e. The molecular formula is C26H31N5O4. The summed E-state index contributed by atoms with van der Waals surface area (Å²) in [6, 6.07) is 14.8. The van der Waals surface area contributed by atoms with E-state index < -0.39 is 23.4 Å². The summed E-state index contributed by atoms with van der Waals surface area (Å²) in [6.07, 6.45) is -0.993. The van der Waals surface area contributed by atoms with Gasteiger partial charge in [-0.25, -0.2) is 28.7 Å². The van der Waals surface area contributed by atoms with Crippen LogP contribution in [0.5, 0.6) is 0 Å². The van der Waals surface area contributed by atoms with Gasteiger partial charge in [-0.3, -0.25) is 0 Å². The van der Waals surface area contributed by atoms with Crippen molar-refractivity contribution in [3.05, 3.63) is 60.2 Å². The molecule has 9 nitrogen and oxygen atoms in total. The molecule has 0 fully saturated rings. The van der Waals surface area contributed by atoms with Crippen molar-refractivity contribution in [2.75, 3.05) is 0 Å². The summed E-state index contributed by atoms with van der Waals surface area (Å²) >= 11 is 0. The van der Waals surface area contributed by atoms with E-state index in [2.05, 4.69) is 15.3 Å². The van der Waals surface area contributed by atoms with Crippen molar-refractivity contribution < 1.29 is 19.1 Å². The van der Waals surface area contributed by atoms with Crippen LogP contribution in [0.15, 0.2) is 48.5 Å². The number of fused-ring (bicyclic) bond motifs is 2. The van der Waals surface area contributed by atoms with E-state index in [-0.39, 0.29) is 13.1 Å². The smallest absolute Gasteiger partial charge is 0.420 e. The lowest BCUT2D eigenvalue weighted by atomic mass is 10.2. The van der Waals surface area contributed by atoms with E-state index in [1.807, 2.05) is 90.1 Å². The first-order chi connectivity index (χ1) is 16.4. The Morgan fingerprint density at radius 3 is 1.46 bits per heavy atom. The predicted octanol–water partition coefficient (Wildman–Crippen LogP) is 5.24. The van der Waals surface area contributed by atoms with Crippen molar-refractivity contribution in [1.29, 1.82) is 0 Å². The van der Waals surface area contributed by atoms with Crippen molar-refractivity contribution in [1.82, 2.24) is 24.4 Å². The molecule has 4 aromatic rings. The second-order valence-electron chi connectivity index (χ2n) is 10.3. The van der Waals surface area contributed by atoms with Crippen LogP contribution >= 0.6 is 0 Å². The Bertz CT molecular complexity index is 1280. The van der Waals surface area contributed by atoms with Gasteiger partial charge in [-0.15, -0.1) is 0 Å². The molecule has 0 atom stereocenters. The van der Waals surface area contributed by atoms with E-state index in [1.54, 1.807) is 0 Å². The molecule has 4 rings (SSSR count).